The lowest BCUT2D eigenvalue weighted by Crippen LogP contribution is -2.06. The fraction of sp³-hybridized carbons (Fsp3) is 0.167. The summed E-state index contributed by atoms with van der Waals surface area (Å²) in [5.74, 6) is -1.30. The molecule has 1 aromatic heterocycles. The topological polar surface area (TPSA) is 35.5 Å². The molecule has 1 heterocycles. The molecule has 0 spiro atoms. The van der Waals surface area contributed by atoms with Gasteiger partial charge in [0.15, 0.2) is 0 Å². The van der Waals surface area contributed by atoms with Crippen LogP contribution in [-0.4, -0.2) is 13.1 Å². The average molecular weight is 348 g/mol. The van der Waals surface area contributed by atoms with Crippen LogP contribution in [-0.2, 0) is 22.7 Å². The summed E-state index contributed by atoms with van der Waals surface area (Å²) in [4.78, 5) is 12.7. The summed E-state index contributed by atoms with van der Waals surface area (Å²) >= 11 is 1.17. The maximum atomic E-state index is 14.1. The van der Waals surface area contributed by atoms with Gasteiger partial charge in [-0.3, -0.25) is 0 Å². The van der Waals surface area contributed by atoms with Crippen LogP contribution in [0.3, 0.4) is 0 Å². The van der Waals surface area contributed by atoms with E-state index >= 15 is 0 Å². The molecule has 0 saturated carbocycles. The Morgan fingerprint density at radius 3 is 2.54 bits per heavy atom. The van der Waals surface area contributed by atoms with Crippen LogP contribution in [0.15, 0.2) is 42.5 Å². The molecule has 6 heteroatoms. The lowest BCUT2D eigenvalue weighted by atomic mass is 10.1. The Morgan fingerprint density at radius 1 is 1.08 bits per heavy atom. The molecule has 0 fully saturated rings. The fourth-order valence-corrected chi connectivity index (χ4v) is 3.53. The molecule has 3 rings (SSSR count). The van der Waals surface area contributed by atoms with Crippen LogP contribution in [0, 0.1) is 11.6 Å². The number of methoxy groups -OCH3 is 1. The number of hydrogen-bond acceptors (Lipinski definition) is 4. The van der Waals surface area contributed by atoms with Gasteiger partial charge in [0.1, 0.15) is 23.1 Å². The summed E-state index contributed by atoms with van der Waals surface area (Å²) in [5.41, 5.74) is 1.16. The van der Waals surface area contributed by atoms with Crippen LogP contribution in [0.5, 0.6) is 0 Å². The third-order valence-electron chi connectivity index (χ3n) is 3.52. The van der Waals surface area contributed by atoms with Crippen molar-refractivity contribution >= 4 is 27.4 Å². The first-order chi connectivity index (χ1) is 11.6. The van der Waals surface area contributed by atoms with Crippen molar-refractivity contribution in [1.29, 1.82) is 0 Å². The number of ether oxygens (including phenoxy) is 2. The van der Waals surface area contributed by atoms with Gasteiger partial charge in [0.2, 0.25) is 0 Å². The number of carbonyl (C=O) groups excluding carboxylic acids is 1. The van der Waals surface area contributed by atoms with Gasteiger partial charge < -0.3 is 9.47 Å². The molecule has 124 valence electrons. The van der Waals surface area contributed by atoms with Gasteiger partial charge >= 0.3 is 5.97 Å². The lowest BCUT2D eigenvalue weighted by molar-refractivity contribution is 0.0474. The summed E-state index contributed by atoms with van der Waals surface area (Å²) in [6, 6.07) is 10.4. The smallest absolute Gasteiger partial charge is 0.349 e. The summed E-state index contributed by atoms with van der Waals surface area (Å²) in [5, 5.41) is 0.387. The predicted molar refractivity (Wildman–Crippen MR) is 88.0 cm³/mol. The van der Waals surface area contributed by atoms with Gasteiger partial charge in [0, 0.05) is 22.8 Å². The Labute approximate surface area is 141 Å². The zero-order valence-electron chi connectivity index (χ0n) is 12.8. The molecule has 0 N–H and O–H groups in total. The SMILES string of the molecule is COCc1c(C(=O)OCc2ccc(F)cc2)sc2cccc(F)c12. The standard InChI is InChI=1S/C18H14F2O3S/c1-22-10-13-16-14(20)3-2-4-15(16)24-17(13)18(21)23-9-11-5-7-12(19)8-6-11/h2-8H,9-10H2,1H3. The Balaban J connectivity index is 1.87. The second-order valence-corrected chi connectivity index (χ2v) is 6.21. The highest BCUT2D eigenvalue weighted by molar-refractivity contribution is 7.21. The Morgan fingerprint density at radius 2 is 1.83 bits per heavy atom. The third-order valence-corrected chi connectivity index (χ3v) is 4.70. The highest BCUT2D eigenvalue weighted by Crippen LogP contribution is 2.34. The third kappa shape index (κ3) is 3.29. The minimum absolute atomic E-state index is 0.0161. The number of halogens is 2. The summed E-state index contributed by atoms with van der Waals surface area (Å²) in [7, 11) is 1.48. The molecule has 24 heavy (non-hydrogen) atoms. The molecule has 0 radical (unpaired) electrons. The quantitative estimate of drug-likeness (QED) is 0.628. The van der Waals surface area contributed by atoms with Crippen LogP contribution >= 0.6 is 11.3 Å². The first kappa shape index (κ1) is 16.5. The molecule has 0 amide bonds. The van der Waals surface area contributed by atoms with E-state index in [1.165, 1.54) is 36.6 Å². The Hall–Kier alpha value is -2.31. The van der Waals surface area contributed by atoms with Gasteiger partial charge in [-0.15, -0.1) is 11.3 Å². The molecule has 0 aliphatic rings. The molecule has 0 bridgehead atoms. The molecule has 0 saturated heterocycles. The number of hydrogen-bond donors (Lipinski definition) is 0. The van der Waals surface area contributed by atoms with E-state index in [-0.39, 0.29) is 19.0 Å². The van der Waals surface area contributed by atoms with Crippen molar-refractivity contribution in [2.24, 2.45) is 0 Å². The maximum absolute atomic E-state index is 14.1. The molecular weight excluding hydrogens is 334 g/mol. The number of rotatable bonds is 5. The first-order valence-electron chi connectivity index (χ1n) is 7.20. The molecule has 2 aromatic carbocycles. The molecule has 0 atom stereocenters. The molecule has 0 unspecified atom stereocenters. The number of thiophene rings is 1. The van der Waals surface area contributed by atoms with Gasteiger partial charge in [-0.2, -0.15) is 0 Å². The van der Waals surface area contributed by atoms with Crippen LogP contribution in [0.2, 0.25) is 0 Å². The highest BCUT2D eigenvalue weighted by atomic mass is 32.1. The minimum atomic E-state index is -0.549. The molecule has 3 aromatic rings. The monoisotopic (exact) mass is 348 g/mol. The Bertz CT molecular complexity index is 872. The van der Waals surface area contributed by atoms with E-state index in [9.17, 15) is 13.6 Å². The molecular formula is C18H14F2O3S. The van der Waals surface area contributed by atoms with E-state index in [1.54, 1.807) is 24.3 Å². The predicted octanol–water partition coefficient (Wildman–Crippen LogP) is 4.68. The van der Waals surface area contributed by atoms with E-state index in [1.807, 2.05) is 0 Å². The maximum Gasteiger partial charge on any atom is 0.349 e. The molecule has 3 nitrogen and oxygen atoms in total. The van der Waals surface area contributed by atoms with Gasteiger partial charge in [0.25, 0.3) is 0 Å². The normalized spacial score (nSPS) is 11.0. The fourth-order valence-electron chi connectivity index (χ4n) is 2.41. The average Bonchev–Trinajstić information content (AvgIpc) is 2.94. The van der Waals surface area contributed by atoms with Crippen molar-refractivity contribution in [1.82, 2.24) is 0 Å². The molecule has 0 aliphatic heterocycles. The van der Waals surface area contributed by atoms with Gasteiger partial charge in [-0.25, -0.2) is 13.6 Å². The van der Waals surface area contributed by atoms with Crippen LogP contribution < -0.4 is 0 Å². The highest BCUT2D eigenvalue weighted by Gasteiger charge is 2.21. The van der Waals surface area contributed by atoms with Gasteiger partial charge in [-0.05, 0) is 29.8 Å². The summed E-state index contributed by atoms with van der Waals surface area (Å²) in [6.07, 6.45) is 0. The van der Waals surface area contributed by atoms with Crippen LogP contribution in [0.1, 0.15) is 20.8 Å². The van der Waals surface area contributed by atoms with E-state index in [2.05, 4.69) is 0 Å². The van der Waals surface area contributed by atoms with Crippen molar-refractivity contribution in [3.63, 3.8) is 0 Å². The van der Waals surface area contributed by atoms with Crippen molar-refractivity contribution in [2.75, 3.05) is 7.11 Å². The zero-order valence-corrected chi connectivity index (χ0v) is 13.7. The first-order valence-corrected chi connectivity index (χ1v) is 8.02. The van der Waals surface area contributed by atoms with Crippen molar-refractivity contribution < 1.29 is 23.0 Å². The molecule has 0 aliphatic carbocycles. The number of esters is 1. The second kappa shape index (κ2) is 7.07. The van der Waals surface area contributed by atoms with E-state index in [4.69, 9.17) is 9.47 Å². The lowest BCUT2D eigenvalue weighted by Gasteiger charge is -2.06. The van der Waals surface area contributed by atoms with Crippen molar-refractivity contribution in [2.45, 2.75) is 13.2 Å². The minimum Gasteiger partial charge on any atom is -0.457 e. The number of carbonyl (C=O) groups is 1. The Kier molecular flexibility index (Phi) is 4.87. The number of benzene rings is 2. The summed E-state index contributed by atoms with van der Waals surface area (Å²) < 4.78 is 38.0. The zero-order chi connectivity index (χ0) is 17.1. The van der Waals surface area contributed by atoms with E-state index in [0.717, 1.165) is 0 Å². The van der Waals surface area contributed by atoms with Crippen molar-refractivity contribution in [3.8, 4) is 0 Å². The number of fused-ring (bicyclic) bond motifs is 1. The van der Waals surface area contributed by atoms with Crippen LogP contribution in [0.4, 0.5) is 8.78 Å². The van der Waals surface area contributed by atoms with E-state index in [0.29, 0.717) is 26.1 Å². The van der Waals surface area contributed by atoms with Crippen LogP contribution in [0.25, 0.3) is 10.1 Å². The van der Waals surface area contributed by atoms with Gasteiger partial charge in [-0.1, -0.05) is 18.2 Å². The largest absolute Gasteiger partial charge is 0.457 e. The summed E-state index contributed by atoms with van der Waals surface area (Å²) in [6.45, 7) is 0.129. The van der Waals surface area contributed by atoms with E-state index < -0.39 is 11.8 Å². The van der Waals surface area contributed by atoms with Gasteiger partial charge in [0.05, 0.1) is 6.61 Å². The van der Waals surface area contributed by atoms with Crippen molar-refractivity contribution in [3.05, 3.63) is 70.1 Å². The second-order valence-electron chi connectivity index (χ2n) is 5.16.